The lowest BCUT2D eigenvalue weighted by Crippen LogP contribution is -2.55. The number of hydrogen-bond donors (Lipinski definition) is 0. The Morgan fingerprint density at radius 2 is 1.82 bits per heavy atom. The van der Waals surface area contributed by atoms with Crippen molar-refractivity contribution in [2.75, 3.05) is 0 Å². The van der Waals surface area contributed by atoms with Crippen LogP contribution < -0.4 is 0 Å². The highest BCUT2D eigenvalue weighted by Crippen LogP contribution is 2.72. The lowest BCUT2D eigenvalue weighted by Gasteiger charge is -2.62. The Morgan fingerprint density at radius 3 is 2.47 bits per heavy atom. The Morgan fingerprint density at radius 1 is 1.12 bits per heavy atom. The predicted octanol–water partition coefficient (Wildman–Crippen LogP) is 8.76. The molecule has 0 radical (unpaired) electrons. The molecular formula is C32H52O2. The summed E-state index contributed by atoms with van der Waals surface area (Å²) in [6.07, 6.45) is 14.1. The molecule has 3 saturated carbocycles. The number of fused-ring (bicyclic) bond motifs is 5. The summed E-state index contributed by atoms with van der Waals surface area (Å²) in [4.78, 5) is 11.7. The molecule has 3 fully saturated rings. The van der Waals surface area contributed by atoms with E-state index < -0.39 is 0 Å². The first-order valence-electron chi connectivity index (χ1n) is 14.4. The number of carbonyl (C=O) groups is 1. The second-order valence-corrected chi connectivity index (χ2v) is 13.9. The molecule has 0 N–H and O–H groups in total. The molecule has 4 aliphatic carbocycles. The minimum Gasteiger partial charge on any atom is -0.462 e. The maximum Gasteiger partial charge on any atom is 0.302 e. The molecule has 4 rings (SSSR count). The first kappa shape index (κ1) is 26.0. The second kappa shape index (κ2) is 9.11. The van der Waals surface area contributed by atoms with Gasteiger partial charge in [-0.1, -0.05) is 72.3 Å². The van der Waals surface area contributed by atoms with Crippen LogP contribution in [0.2, 0.25) is 0 Å². The van der Waals surface area contributed by atoms with E-state index in [-0.39, 0.29) is 12.1 Å². The molecule has 0 amide bonds. The maximum absolute atomic E-state index is 11.7. The van der Waals surface area contributed by atoms with Gasteiger partial charge < -0.3 is 4.74 Å². The number of hydrogen-bond acceptors (Lipinski definition) is 2. The van der Waals surface area contributed by atoms with E-state index in [0.29, 0.717) is 39.9 Å². The van der Waals surface area contributed by atoms with Crippen molar-refractivity contribution in [1.82, 2.24) is 0 Å². The van der Waals surface area contributed by atoms with Gasteiger partial charge in [0.25, 0.3) is 0 Å². The number of ether oxygens (including phenoxy) is 1. The summed E-state index contributed by atoms with van der Waals surface area (Å²) in [5.41, 5.74) is 4.35. The fourth-order valence-corrected chi connectivity index (χ4v) is 9.56. The predicted molar refractivity (Wildman–Crippen MR) is 142 cm³/mol. The number of esters is 1. The first-order chi connectivity index (χ1) is 15.8. The smallest absolute Gasteiger partial charge is 0.302 e. The van der Waals surface area contributed by atoms with Crippen molar-refractivity contribution in [2.24, 2.45) is 51.8 Å². The summed E-state index contributed by atoms with van der Waals surface area (Å²) in [5.74, 6) is 3.87. The third-order valence-corrected chi connectivity index (χ3v) is 12.2. The molecule has 0 saturated heterocycles. The van der Waals surface area contributed by atoms with Crippen molar-refractivity contribution >= 4 is 5.97 Å². The number of allylic oxidation sites excluding steroid dienone is 3. The molecule has 0 aliphatic heterocycles. The third kappa shape index (κ3) is 3.94. The van der Waals surface area contributed by atoms with Crippen LogP contribution in [0.3, 0.4) is 0 Å². The molecule has 0 aromatic heterocycles. The Kier molecular flexibility index (Phi) is 6.98. The Hall–Kier alpha value is -1.05. The van der Waals surface area contributed by atoms with Gasteiger partial charge in [-0.05, 0) is 110 Å². The first-order valence-corrected chi connectivity index (χ1v) is 14.4. The summed E-state index contributed by atoms with van der Waals surface area (Å²) >= 11 is 0. The Bertz CT molecular complexity index is 838. The van der Waals surface area contributed by atoms with Crippen LogP contribution in [0, 0.1) is 51.8 Å². The van der Waals surface area contributed by atoms with Crippen molar-refractivity contribution in [1.29, 1.82) is 0 Å². The van der Waals surface area contributed by atoms with Gasteiger partial charge in [0.15, 0.2) is 0 Å². The molecule has 0 heterocycles. The average molecular weight is 469 g/mol. The van der Waals surface area contributed by atoms with Gasteiger partial charge >= 0.3 is 5.97 Å². The zero-order chi connectivity index (χ0) is 25.1. The summed E-state index contributed by atoms with van der Waals surface area (Å²) < 4.78 is 5.77. The van der Waals surface area contributed by atoms with Gasteiger partial charge in [-0.3, -0.25) is 4.79 Å². The normalized spacial score (nSPS) is 44.5. The van der Waals surface area contributed by atoms with Gasteiger partial charge in [-0.25, -0.2) is 0 Å². The van der Waals surface area contributed by atoms with E-state index >= 15 is 0 Å². The summed E-state index contributed by atoms with van der Waals surface area (Å²) in [6.45, 7) is 23.3. The lowest BCUT2D eigenvalue weighted by molar-refractivity contribution is -0.159. The highest BCUT2D eigenvalue weighted by atomic mass is 16.5. The molecule has 4 aliphatic rings. The number of rotatable bonds is 6. The molecule has 2 nitrogen and oxygen atoms in total. The van der Waals surface area contributed by atoms with Crippen LogP contribution in [0.1, 0.15) is 113 Å². The molecule has 0 aromatic carbocycles. The zero-order valence-corrected chi connectivity index (χ0v) is 23.5. The fraction of sp³-hybridized carbons (Fsp3) is 0.844. The SMILES string of the molecule is C=C(CC[C@@H](C)[C@H]1CC[C@@]2(C)C3=CC[C@@H]4[C@H](C)[C@@H](OC(C)=O)CC[C@]4(C)[C@H]3CC[C@]12C)C(C)C. The summed E-state index contributed by atoms with van der Waals surface area (Å²) in [6, 6.07) is 0. The van der Waals surface area contributed by atoms with E-state index in [1.54, 1.807) is 6.92 Å². The minimum absolute atomic E-state index is 0.104. The van der Waals surface area contributed by atoms with Crippen molar-refractivity contribution in [2.45, 2.75) is 119 Å². The Labute approximate surface area is 210 Å². The van der Waals surface area contributed by atoms with Gasteiger partial charge in [0.1, 0.15) is 6.10 Å². The van der Waals surface area contributed by atoms with Crippen LogP contribution in [0.15, 0.2) is 23.8 Å². The van der Waals surface area contributed by atoms with Gasteiger partial charge in [0, 0.05) is 6.92 Å². The third-order valence-electron chi connectivity index (χ3n) is 12.2. The zero-order valence-electron chi connectivity index (χ0n) is 23.5. The molecule has 0 unspecified atom stereocenters. The van der Waals surface area contributed by atoms with Crippen LogP contribution in [0.25, 0.3) is 0 Å². The lowest BCUT2D eigenvalue weighted by atomic mass is 9.42. The van der Waals surface area contributed by atoms with Crippen molar-refractivity contribution < 1.29 is 9.53 Å². The molecule has 0 spiro atoms. The monoisotopic (exact) mass is 468 g/mol. The van der Waals surface area contributed by atoms with E-state index in [4.69, 9.17) is 4.74 Å². The minimum atomic E-state index is -0.114. The molecule has 34 heavy (non-hydrogen) atoms. The standard InChI is InChI=1S/C32H52O2/c1-20(2)21(3)10-11-22(4)25-14-18-32(9)28-13-12-26-23(5)29(34-24(6)33)16-17-30(26,7)27(28)15-19-31(25,32)8/h13,20,22-23,25-27,29H,3,10-12,14-19H2,1-2,4-9H3/t22-,23+,25-,26-,27+,29+,30+,31-,32+/m1/s1. The molecule has 9 atom stereocenters. The highest BCUT2D eigenvalue weighted by Gasteiger charge is 2.64. The number of carbonyl (C=O) groups excluding carboxylic acids is 1. The van der Waals surface area contributed by atoms with E-state index in [1.807, 2.05) is 5.57 Å². The molecular weight excluding hydrogens is 416 g/mol. The van der Waals surface area contributed by atoms with Crippen molar-refractivity contribution in [3.05, 3.63) is 23.8 Å². The van der Waals surface area contributed by atoms with Crippen molar-refractivity contribution in [3.8, 4) is 0 Å². The highest BCUT2D eigenvalue weighted by molar-refractivity contribution is 5.66. The molecule has 2 heteroatoms. The summed E-state index contributed by atoms with van der Waals surface area (Å²) in [5, 5.41) is 0. The molecule has 0 bridgehead atoms. The van der Waals surface area contributed by atoms with E-state index in [0.717, 1.165) is 18.3 Å². The van der Waals surface area contributed by atoms with Gasteiger partial charge in [-0.2, -0.15) is 0 Å². The van der Waals surface area contributed by atoms with Crippen LogP contribution in [-0.4, -0.2) is 12.1 Å². The van der Waals surface area contributed by atoms with Crippen LogP contribution in [0.5, 0.6) is 0 Å². The largest absolute Gasteiger partial charge is 0.462 e. The fourth-order valence-electron chi connectivity index (χ4n) is 9.56. The molecule has 192 valence electrons. The quantitative estimate of drug-likeness (QED) is 0.288. The van der Waals surface area contributed by atoms with E-state index in [2.05, 4.69) is 61.1 Å². The average Bonchev–Trinajstić information content (AvgIpc) is 3.05. The topological polar surface area (TPSA) is 26.3 Å². The van der Waals surface area contributed by atoms with Crippen LogP contribution in [0.4, 0.5) is 0 Å². The summed E-state index contributed by atoms with van der Waals surface area (Å²) in [7, 11) is 0. The molecule has 0 aromatic rings. The van der Waals surface area contributed by atoms with Gasteiger partial charge in [0.2, 0.25) is 0 Å². The van der Waals surface area contributed by atoms with Gasteiger partial charge in [0.05, 0.1) is 0 Å². The Balaban J connectivity index is 1.56. The van der Waals surface area contributed by atoms with Crippen LogP contribution >= 0.6 is 0 Å². The second-order valence-electron chi connectivity index (χ2n) is 13.9. The van der Waals surface area contributed by atoms with Crippen molar-refractivity contribution in [3.63, 3.8) is 0 Å². The van der Waals surface area contributed by atoms with Gasteiger partial charge in [-0.15, -0.1) is 0 Å². The van der Waals surface area contributed by atoms with Crippen LogP contribution in [-0.2, 0) is 9.53 Å². The maximum atomic E-state index is 11.7. The van der Waals surface area contributed by atoms with E-state index in [1.165, 1.54) is 56.9 Å². The van der Waals surface area contributed by atoms with E-state index in [9.17, 15) is 4.79 Å².